The molecule has 37 heavy (non-hydrogen) atoms. The van der Waals surface area contributed by atoms with Crippen molar-refractivity contribution in [3.05, 3.63) is 58.3 Å². The number of aromatic nitrogens is 5. The number of ether oxygens (including phenoxy) is 1. The molecule has 10 heteroatoms. The van der Waals surface area contributed by atoms with Crippen LogP contribution in [0.2, 0.25) is 0 Å². The molecular weight excluding hydrogens is 472 g/mol. The first-order chi connectivity index (χ1) is 17.5. The molecule has 0 N–H and O–H groups in total. The average Bonchev–Trinajstić information content (AvgIpc) is 3.30. The third kappa shape index (κ3) is 6.42. The summed E-state index contributed by atoms with van der Waals surface area (Å²) in [4.78, 5) is 48.2. The van der Waals surface area contributed by atoms with Gasteiger partial charge in [-0.25, -0.2) is 19.4 Å². The summed E-state index contributed by atoms with van der Waals surface area (Å²) >= 11 is 0. The second-order valence-electron chi connectivity index (χ2n) is 11.0. The van der Waals surface area contributed by atoms with Crippen molar-refractivity contribution >= 4 is 17.4 Å². The highest BCUT2D eigenvalue weighted by atomic mass is 16.6. The Hall–Kier alpha value is -3.56. The topological polar surface area (TPSA) is 112 Å². The normalized spacial score (nSPS) is 14.9. The fraction of sp³-hybridized carbons (Fsp3) is 0.556. The molecule has 1 aliphatic heterocycles. The Morgan fingerprint density at radius 2 is 1.92 bits per heavy atom. The van der Waals surface area contributed by atoms with Gasteiger partial charge in [0, 0.05) is 43.5 Å². The van der Waals surface area contributed by atoms with Crippen molar-refractivity contribution in [2.45, 2.75) is 84.3 Å². The van der Waals surface area contributed by atoms with Crippen LogP contribution in [-0.2, 0) is 22.5 Å². The molecule has 0 atom stereocenters. The van der Waals surface area contributed by atoms with Crippen LogP contribution in [0.5, 0.6) is 0 Å². The smallest absolute Gasteiger partial charge is 0.410 e. The van der Waals surface area contributed by atoms with E-state index in [1.165, 1.54) is 11.0 Å². The molecule has 10 nitrogen and oxygen atoms in total. The molecular formula is C27H36N6O4. The molecule has 1 aliphatic rings. The number of fused-ring (bicyclic) bond motifs is 1. The highest BCUT2D eigenvalue weighted by molar-refractivity contribution is 5.78. The summed E-state index contributed by atoms with van der Waals surface area (Å²) in [6, 6.07) is 3.70. The first-order valence-electron chi connectivity index (χ1n) is 12.9. The van der Waals surface area contributed by atoms with Gasteiger partial charge in [0.05, 0.1) is 0 Å². The van der Waals surface area contributed by atoms with Gasteiger partial charge in [-0.3, -0.25) is 14.0 Å². The molecule has 0 spiro atoms. The fourth-order valence-electron chi connectivity index (χ4n) is 4.61. The van der Waals surface area contributed by atoms with Crippen molar-refractivity contribution in [3.8, 4) is 0 Å². The second kappa shape index (κ2) is 10.8. The zero-order chi connectivity index (χ0) is 26.7. The van der Waals surface area contributed by atoms with E-state index in [9.17, 15) is 14.4 Å². The summed E-state index contributed by atoms with van der Waals surface area (Å²) in [5, 5.41) is 4.57. The van der Waals surface area contributed by atoms with Gasteiger partial charge >= 0.3 is 6.09 Å². The number of nitrogens with zero attached hydrogens (tertiary/aromatic N) is 6. The summed E-state index contributed by atoms with van der Waals surface area (Å²) in [5.74, 6) is 0.935. The van der Waals surface area contributed by atoms with Crippen molar-refractivity contribution in [1.82, 2.24) is 29.0 Å². The number of hydrogen-bond donors (Lipinski definition) is 0. The number of carbonyl (C=O) groups excluding carboxylic acids is 2. The number of piperidine rings is 1. The van der Waals surface area contributed by atoms with E-state index < -0.39 is 5.60 Å². The Balaban J connectivity index is 1.50. The minimum atomic E-state index is -0.522. The summed E-state index contributed by atoms with van der Waals surface area (Å²) in [6.45, 7) is 10.8. The number of Topliss-reactive ketones (excluding diaryl/α,β-unsaturated/α-hetero) is 1. The maximum Gasteiger partial charge on any atom is 0.410 e. The Kier molecular flexibility index (Phi) is 7.75. The van der Waals surface area contributed by atoms with E-state index in [1.807, 2.05) is 51.3 Å². The van der Waals surface area contributed by atoms with Crippen LogP contribution in [0.3, 0.4) is 0 Å². The fourth-order valence-corrected chi connectivity index (χ4v) is 4.61. The number of aryl methyl sites for hydroxylation is 1. The third-order valence-electron chi connectivity index (χ3n) is 6.53. The maximum atomic E-state index is 13.3. The molecule has 0 radical (unpaired) electrons. The molecule has 1 amide bonds. The first-order valence-corrected chi connectivity index (χ1v) is 12.9. The van der Waals surface area contributed by atoms with Crippen molar-refractivity contribution in [2.75, 3.05) is 13.1 Å². The lowest BCUT2D eigenvalue weighted by atomic mass is 9.91. The Bertz CT molecular complexity index is 1310. The predicted octanol–water partition coefficient (Wildman–Crippen LogP) is 3.73. The van der Waals surface area contributed by atoms with Crippen LogP contribution < -0.4 is 5.56 Å². The van der Waals surface area contributed by atoms with E-state index >= 15 is 0 Å². The minimum absolute atomic E-state index is 0.0553. The van der Waals surface area contributed by atoms with E-state index in [0.717, 1.165) is 29.9 Å². The number of ketones is 1. The van der Waals surface area contributed by atoms with Gasteiger partial charge < -0.3 is 9.64 Å². The molecule has 1 saturated heterocycles. The minimum Gasteiger partial charge on any atom is -0.444 e. The number of rotatable bonds is 7. The monoisotopic (exact) mass is 508 g/mol. The van der Waals surface area contributed by atoms with E-state index in [0.29, 0.717) is 25.0 Å². The van der Waals surface area contributed by atoms with Crippen molar-refractivity contribution in [3.63, 3.8) is 0 Å². The van der Waals surface area contributed by atoms with Gasteiger partial charge in [0.1, 0.15) is 29.8 Å². The van der Waals surface area contributed by atoms with Crippen LogP contribution in [0.4, 0.5) is 4.79 Å². The molecule has 3 aromatic rings. The van der Waals surface area contributed by atoms with Crippen molar-refractivity contribution < 1.29 is 14.3 Å². The molecule has 4 heterocycles. The number of hydrogen-bond acceptors (Lipinski definition) is 7. The summed E-state index contributed by atoms with van der Waals surface area (Å²) < 4.78 is 8.67. The van der Waals surface area contributed by atoms with E-state index in [-0.39, 0.29) is 42.2 Å². The molecule has 198 valence electrons. The van der Waals surface area contributed by atoms with Crippen LogP contribution in [-0.4, -0.2) is 59.6 Å². The standard InChI is InChI=1S/C27H36N6O4/c1-18(2)24-30-33(16-22(34)7-6-21-8-11-28-17-29-21)25(35)23-14-20(15-32(23)24)19-9-12-31(13-10-19)26(36)37-27(3,4)5/h8,11,14-15,17-19H,6-7,9-10,12-13,16H2,1-5H3. The van der Waals surface area contributed by atoms with Gasteiger partial charge in [0.15, 0.2) is 5.78 Å². The molecule has 4 rings (SSSR count). The van der Waals surface area contributed by atoms with Gasteiger partial charge in [-0.2, -0.15) is 5.10 Å². The molecule has 0 saturated carbocycles. The van der Waals surface area contributed by atoms with Crippen LogP contribution in [0.15, 0.2) is 35.6 Å². The summed E-state index contributed by atoms with van der Waals surface area (Å²) in [6.07, 6.45) is 7.16. The van der Waals surface area contributed by atoms with Crippen LogP contribution >= 0.6 is 0 Å². The van der Waals surface area contributed by atoms with Gasteiger partial charge in [-0.05, 0) is 63.6 Å². The zero-order valence-electron chi connectivity index (χ0n) is 22.3. The van der Waals surface area contributed by atoms with Gasteiger partial charge in [-0.15, -0.1) is 0 Å². The average molecular weight is 509 g/mol. The number of likely N-dealkylation sites (tertiary alicyclic amines) is 1. The van der Waals surface area contributed by atoms with E-state index in [2.05, 4.69) is 15.1 Å². The largest absolute Gasteiger partial charge is 0.444 e. The number of amides is 1. The maximum absolute atomic E-state index is 13.3. The molecule has 3 aromatic heterocycles. The van der Waals surface area contributed by atoms with Gasteiger partial charge in [0.25, 0.3) is 5.56 Å². The van der Waals surface area contributed by atoms with Gasteiger partial charge in [-0.1, -0.05) is 13.8 Å². The van der Waals surface area contributed by atoms with Crippen LogP contribution in [0, 0.1) is 0 Å². The molecule has 0 unspecified atom stereocenters. The lowest BCUT2D eigenvalue weighted by molar-refractivity contribution is -0.119. The lowest BCUT2D eigenvalue weighted by Crippen LogP contribution is -2.41. The summed E-state index contributed by atoms with van der Waals surface area (Å²) in [5.41, 5.74) is 1.56. The summed E-state index contributed by atoms with van der Waals surface area (Å²) in [7, 11) is 0. The van der Waals surface area contributed by atoms with E-state index in [4.69, 9.17) is 4.74 Å². The van der Waals surface area contributed by atoms with Crippen LogP contribution in [0.25, 0.3) is 5.52 Å². The Morgan fingerprint density at radius 1 is 1.19 bits per heavy atom. The highest BCUT2D eigenvalue weighted by Crippen LogP contribution is 2.30. The third-order valence-corrected chi connectivity index (χ3v) is 6.53. The molecule has 1 fully saturated rings. The van der Waals surface area contributed by atoms with Crippen molar-refractivity contribution in [1.29, 1.82) is 0 Å². The van der Waals surface area contributed by atoms with Gasteiger partial charge in [0.2, 0.25) is 0 Å². The second-order valence-corrected chi connectivity index (χ2v) is 11.0. The van der Waals surface area contributed by atoms with E-state index in [1.54, 1.807) is 17.2 Å². The first kappa shape index (κ1) is 26.5. The highest BCUT2D eigenvalue weighted by Gasteiger charge is 2.28. The van der Waals surface area contributed by atoms with Crippen molar-refractivity contribution in [2.24, 2.45) is 0 Å². The SMILES string of the molecule is CC(C)c1nn(CC(=O)CCc2ccncn2)c(=O)c2cc(C3CCN(C(=O)OC(C)(C)C)CC3)cn12. The molecule has 0 bridgehead atoms. The zero-order valence-corrected chi connectivity index (χ0v) is 22.3. The predicted molar refractivity (Wildman–Crippen MR) is 139 cm³/mol. The number of carbonyl (C=O) groups is 2. The quantitative estimate of drug-likeness (QED) is 0.478. The molecule has 0 aromatic carbocycles. The van der Waals surface area contributed by atoms with Crippen LogP contribution in [0.1, 0.15) is 82.8 Å². The Morgan fingerprint density at radius 3 is 2.54 bits per heavy atom. The Labute approximate surface area is 216 Å². The molecule has 0 aliphatic carbocycles. The lowest BCUT2D eigenvalue weighted by Gasteiger charge is -2.33.